The first-order valence-electron chi connectivity index (χ1n) is 5.41. The number of hydrogen-bond donors (Lipinski definition) is 1. The second-order valence-corrected chi connectivity index (χ2v) is 6.09. The molecule has 1 aromatic heterocycles. The molecule has 0 spiro atoms. The topological polar surface area (TPSA) is 89.3 Å². The summed E-state index contributed by atoms with van der Waals surface area (Å²) in [6, 6.07) is 7.25. The summed E-state index contributed by atoms with van der Waals surface area (Å²) in [4.78, 5) is 12.0. The Kier molecular flexibility index (Phi) is 3.39. The fourth-order valence-corrected chi connectivity index (χ4v) is 2.10. The number of carbonyl (C=O) groups excluding carboxylic acids is 1. The molecule has 0 fully saturated rings. The maximum absolute atomic E-state index is 11.8. The highest BCUT2D eigenvalue weighted by Crippen LogP contribution is 2.13. The molecule has 7 heteroatoms. The lowest BCUT2D eigenvalue weighted by atomic mass is 10.2. The van der Waals surface area contributed by atoms with E-state index in [4.69, 9.17) is 4.52 Å². The van der Waals surface area contributed by atoms with Gasteiger partial charge in [-0.2, -0.15) is 0 Å². The van der Waals surface area contributed by atoms with Gasteiger partial charge in [-0.1, -0.05) is 5.16 Å². The molecular formula is C12H12N2O4S. The Hall–Kier alpha value is -2.15. The van der Waals surface area contributed by atoms with Gasteiger partial charge in [-0.25, -0.2) is 8.42 Å². The average molecular weight is 280 g/mol. The smallest absolute Gasteiger partial charge is 0.256 e. The number of benzene rings is 1. The Labute approximate surface area is 110 Å². The van der Waals surface area contributed by atoms with E-state index in [0.29, 0.717) is 17.1 Å². The van der Waals surface area contributed by atoms with Crippen LogP contribution in [0.3, 0.4) is 0 Å². The van der Waals surface area contributed by atoms with Crippen LogP contribution in [0, 0.1) is 6.92 Å². The Balaban J connectivity index is 2.16. The van der Waals surface area contributed by atoms with Crippen molar-refractivity contribution in [1.82, 2.24) is 5.16 Å². The Morgan fingerprint density at radius 1 is 1.26 bits per heavy atom. The SMILES string of the molecule is Cc1cc(NC(=O)c2ccc(S(C)(=O)=O)cc2)no1. The largest absolute Gasteiger partial charge is 0.360 e. The molecule has 0 aliphatic carbocycles. The van der Waals surface area contributed by atoms with Crippen molar-refractivity contribution in [3.63, 3.8) is 0 Å². The number of hydrogen-bond acceptors (Lipinski definition) is 5. The van der Waals surface area contributed by atoms with Crippen LogP contribution in [-0.2, 0) is 9.84 Å². The molecule has 0 saturated heterocycles. The zero-order valence-electron chi connectivity index (χ0n) is 10.4. The number of nitrogens with zero attached hydrogens (tertiary/aromatic N) is 1. The molecule has 0 aliphatic rings. The third-order valence-electron chi connectivity index (χ3n) is 2.41. The molecule has 6 nitrogen and oxygen atoms in total. The first kappa shape index (κ1) is 13.3. The second-order valence-electron chi connectivity index (χ2n) is 4.07. The van der Waals surface area contributed by atoms with Crippen LogP contribution in [0.5, 0.6) is 0 Å². The highest BCUT2D eigenvalue weighted by Gasteiger charge is 2.11. The van der Waals surface area contributed by atoms with E-state index in [0.717, 1.165) is 6.26 Å². The summed E-state index contributed by atoms with van der Waals surface area (Å²) in [7, 11) is -3.26. The van der Waals surface area contributed by atoms with Crippen LogP contribution in [-0.4, -0.2) is 25.7 Å². The zero-order chi connectivity index (χ0) is 14.0. The maximum Gasteiger partial charge on any atom is 0.256 e. The van der Waals surface area contributed by atoms with E-state index in [1.165, 1.54) is 24.3 Å². The monoisotopic (exact) mass is 280 g/mol. The van der Waals surface area contributed by atoms with E-state index in [2.05, 4.69) is 10.5 Å². The molecule has 0 aliphatic heterocycles. The number of carbonyl (C=O) groups is 1. The van der Waals surface area contributed by atoms with Gasteiger partial charge in [0.2, 0.25) is 0 Å². The predicted octanol–water partition coefficient (Wildman–Crippen LogP) is 1.64. The van der Waals surface area contributed by atoms with Crippen LogP contribution in [0.2, 0.25) is 0 Å². The molecule has 19 heavy (non-hydrogen) atoms. The van der Waals surface area contributed by atoms with Crippen molar-refractivity contribution in [1.29, 1.82) is 0 Å². The predicted molar refractivity (Wildman–Crippen MR) is 68.7 cm³/mol. The molecule has 1 N–H and O–H groups in total. The van der Waals surface area contributed by atoms with Gasteiger partial charge in [0.05, 0.1) is 4.90 Å². The van der Waals surface area contributed by atoms with Crippen LogP contribution < -0.4 is 5.32 Å². The Morgan fingerprint density at radius 3 is 2.37 bits per heavy atom. The molecule has 1 amide bonds. The second kappa shape index (κ2) is 4.85. The summed E-state index contributed by atoms with van der Waals surface area (Å²) in [6.45, 7) is 1.71. The van der Waals surface area contributed by atoms with Gasteiger partial charge in [0.25, 0.3) is 5.91 Å². The van der Waals surface area contributed by atoms with Crippen LogP contribution >= 0.6 is 0 Å². The molecule has 0 atom stereocenters. The molecule has 0 radical (unpaired) electrons. The quantitative estimate of drug-likeness (QED) is 0.923. The van der Waals surface area contributed by atoms with Crippen LogP contribution in [0.25, 0.3) is 0 Å². The van der Waals surface area contributed by atoms with E-state index in [9.17, 15) is 13.2 Å². The number of sulfone groups is 1. The van der Waals surface area contributed by atoms with Gasteiger partial charge in [0, 0.05) is 17.9 Å². The minimum Gasteiger partial charge on any atom is -0.360 e. The molecule has 0 unspecified atom stereocenters. The summed E-state index contributed by atoms with van der Waals surface area (Å²) in [5, 5.41) is 6.18. The molecule has 2 rings (SSSR count). The van der Waals surface area contributed by atoms with Crippen LogP contribution in [0.15, 0.2) is 39.8 Å². The lowest BCUT2D eigenvalue weighted by Gasteiger charge is -2.02. The van der Waals surface area contributed by atoms with Crippen molar-refractivity contribution < 1.29 is 17.7 Å². The highest BCUT2D eigenvalue weighted by molar-refractivity contribution is 7.90. The fraction of sp³-hybridized carbons (Fsp3) is 0.167. The third-order valence-corrected chi connectivity index (χ3v) is 3.54. The Morgan fingerprint density at radius 2 is 1.89 bits per heavy atom. The van der Waals surface area contributed by atoms with Crippen molar-refractivity contribution in [2.75, 3.05) is 11.6 Å². The number of nitrogens with one attached hydrogen (secondary N) is 1. The summed E-state index contributed by atoms with van der Waals surface area (Å²) in [5.74, 6) is 0.519. The number of anilines is 1. The zero-order valence-corrected chi connectivity index (χ0v) is 11.2. The minimum absolute atomic E-state index is 0.168. The molecule has 100 valence electrons. The third kappa shape index (κ3) is 3.19. The van der Waals surface area contributed by atoms with Crippen molar-refractivity contribution >= 4 is 21.6 Å². The van der Waals surface area contributed by atoms with Crippen LogP contribution in [0.1, 0.15) is 16.1 Å². The molecule has 1 aromatic carbocycles. The van der Waals surface area contributed by atoms with Gasteiger partial charge in [0.1, 0.15) is 5.76 Å². The number of aryl methyl sites for hydroxylation is 1. The lowest BCUT2D eigenvalue weighted by molar-refractivity contribution is 0.102. The maximum atomic E-state index is 11.8. The number of amides is 1. The first-order chi connectivity index (χ1) is 8.86. The minimum atomic E-state index is -3.26. The normalized spacial score (nSPS) is 11.3. The van der Waals surface area contributed by atoms with E-state index < -0.39 is 9.84 Å². The van der Waals surface area contributed by atoms with Gasteiger partial charge in [-0.15, -0.1) is 0 Å². The first-order valence-corrected chi connectivity index (χ1v) is 7.30. The van der Waals surface area contributed by atoms with Crippen LogP contribution in [0.4, 0.5) is 5.82 Å². The summed E-state index contributed by atoms with van der Waals surface area (Å²) in [5.41, 5.74) is 0.341. The van der Waals surface area contributed by atoms with Gasteiger partial charge >= 0.3 is 0 Å². The standard InChI is InChI=1S/C12H12N2O4S/c1-8-7-11(14-18-8)13-12(15)9-3-5-10(6-4-9)19(2,16)17/h3-7H,1-2H3,(H,13,14,15). The molecule has 0 saturated carbocycles. The van der Waals surface area contributed by atoms with Crippen molar-refractivity contribution in [3.05, 3.63) is 41.7 Å². The van der Waals surface area contributed by atoms with E-state index in [1.54, 1.807) is 13.0 Å². The average Bonchev–Trinajstić information content (AvgIpc) is 2.74. The van der Waals surface area contributed by atoms with Gasteiger partial charge in [0.15, 0.2) is 15.7 Å². The van der Waals surface area contributed by atoms with Gasteiger partial charge < -0.3 is 9.84 Å². The summed E-state index contributed by atoms with van der Waals surface area (Å²) < 4.78 is 27.4. The molecule has 0 bridgehead atoms. The van der Waals surface area contributed by atoms with E-state index in [-0.39, 0.29) is 10.8 Å². The summed E-state index contributed by atoms with van der Waals surface area (Å²) >= 11 is 0. The molecular weight excluding hydrogens is 268 g/mol. The number of rotatable bonds is 3. The highest BCUT2D eigenvalue weighted by atomic mass is 32.2. The summed E-state index contributed by atoms with van der Waals surface area (Å²) in [6.07, 6.45) is 1.11. The van der Waals surface area contributed by atoms with Crippen molar-refractivity contribution in [3.8, 4) is 0 Å². The Bertz CT molecular complexity index is 702. The molecule has 2 aromatic rings. The van der Waals surface area contributed by atoms with Crippen molar-refractivity contribution in [2.45, 2.75) is 11.8 Å². The van der Waals surface area contributed by atoms with Crippen molar-refractivity contribution in [2.24, 2.45) is 0 Å². The number of aromatic nitrogens is 1. The van der Waals surface area contributed by atoms with E-state index >= 15 is 0 Å². The van der Waals surface area contributed by atoms with E-state index in [1.807, 2.05) is 0 Å². The van der Waals surface area contributed by atoms with Gasteiger partial charge in [-0.05, 0) is 31.2 Å². The fourth-order valence-electron chi connectivity index (χ4n) is 1.47. The van der Waals surface area contributed by atoms with Gasteiger partial charge in [-0.3, -0.25) is 4.79 Å². The lowest BCUT2D eigenvalue weighted by Crippen LogP contribution is -2.12. The molecule has 1 heterocycles.